The van der Waals surface area contributed by atoms with Gasteiger partial charge in [0.1, 0.15) is 0 Å². The van der Waals surface area contributed by atoms with E-state index in [4.69, 9.17) is 0 Å². The van der Waals surface area contributed by atoms with Gasteiger partial charge in [0.15, 0.2) is 0 Å². The topological polar surface area (TPSA) is 37.3 Å². The Kier molecular flexibility index (Phi) is 5.42. The predicted molar refractivity (Wildman–Crippen MR) is 84.2 cm³/mol. The monoisotopic (exact) mass is 282 g/mol. The Morgan fingerprint density at radius 3 is 2.16 bits per heavy atom. The largest absolute Gasteiger partial charge is 0.481 e. The second kappa shape index (κ2) is 6.25. The molecule has 0 bridgehead atoms. The zero-order valence-electron chi connectivity index (χ0n) is 13.2. The molecule has 2 nitrogen and oxygen atoms in total. The lowest BCUT2D eigenvalue weighted by atomic mass is 9.67. The van der Waals surface area contributed by atoms with Gasteiger partial charge in [0.25, 0.3) is 0 Å². The Morgan fingerprint density at radius 2 is 1.79 bits per heavy atom. The van der Waals surface area contributed by atoms with Gasteiger partial charge in [0, 0.05) is 0 Å². The zero-order valence-corrected chi connectivity index (χ0v) is 14.2. The number of aliphatic carboxylic acids is 1. The molecule has 0 aromatic heterocycles. The first-order valence-corrected chi connectivity index (χ1v) is 11.2. The first-order chi connectivity index (χ1) is 8.73. The van der Waals surface area contributed by atoms with E-state index in [0.717, 1.165) is 0 Å². The molecule has 0 heterocycles. The standard InChI is InChI=1S/C16H30O2Si/c1-6-12-16(2,13-10-8-7-9-11-13)14(15(17)18)19(3,4)5/h6,12-14H,7-11H2,1-5H3,(H,17,18)/b12-6+/t14?,16-/m0/s1. The lowest BCUT2D eigenvalue weighted by molar-refractivity contribution is -0.139. The van der Waals surface area contributed by atoms with E-state index in [1.165, 1.54) is 32.1 Å². The van der Waals surface area contributed by atoms with Gasteiger partial charge in [-0.3, -0.25) is 4.79 Å². The summed E-state index contributed by atoms with van der Waals surface area (Å²) in [6.45, 7) is 10.8. The minimum Gasteiger partial charge on any atom is -0.481 e. The van der Waals surface area contributed by atoms with Gasteiger partial charge in [-0.15, -0.1) is 0 Å². The van der Waals surface area contributed by atoms with Gasteiger partial charge in [-0.1, -0.05) is 58.0 Å². The third-order valence-corrected chi connectivity index (χ3v) is 7.35. The van der Waals surface area contributed by atoms with Crippen LogP contribution in [0.15, 0.2) is 12.2 Å². The third kappa shape index (κ3) is 3.71. The molecule has 1 aliphatic carbocycles. The van der Waals surface area contributed by atoms with E-state index in [1.54, 1.807) is 0 Å². The fourth-order valence-electron chi connectivity index (χ4n) is 4.12. The molecule has 1 fully saturated rings. The van der Waals surface area contributed by atoms with Crippen molar-refractivity contribution >= 4 is 14.0 Å². The molecule has 3 heteroatoms. The van der Waals surface area contributed by atoms with E-state index in [9.17, 15) is 9.90 Å². The molecule has 0 aromatic rings. The summed E-state index contributed by atoms with van der Waals surface area (Å²) in [6, 6.07) is 0. The molecule has 1 unspecified atom stereocenters. The number of hydrogen-bond donors (Lipinski definition) is 1. The molecule has 1 rings (SSSR count). The fourth-order valence-corrected chi connectivity index (χ4v) is 7.06. The van der Waals surface area contributed by atoms with Crippen molar-refractivity contribution in [2.75, 3.05) is 0 Å². The third-order valence-electron chi connectivity index (χ3n) is 4.75. The van der Waals surface area contributed by atoms with Gasteiger partial charge in [-0.2, -0.15) is 0 Å². The van der Waals surface area contributed by atoms with E-state index < -0.39 is 14.0 Å². The van der Waals surface area contributed by atoms with E-state index in [2.05, 4.69) is 38.7 Å². The molecule has 1 N–H and O–H groups in total. The van der Waals surface area contributed by atoms with E-state index in [1.807, 2.05) is 6.92 Å². The van der Waals surface area contributed by atoms with Crippen LogP contribution in [0.2, 0.25) is 25.2 Å². The van der Waals surface area contributed by atoms with E-state index in [-0.39, 0.29) is 11.0 Å². The Balaban J connectivity index is 3.17. The van der Waals surface area contributed by atoms with Crippen molar-refractivity contribution in [1.29, 1.82) is 0 Å². The van der Waals surface area contributed by atoms with Gasteiger partial charge in [0.05, 0.1) is 13.6 Å². The summed E-state index contributed by atoms with van der Waals surface area (Å²) < 4.78 is 0. The second-order valence-corrected chi connectivity index (χ2v) is 12.6. The molecule has 0 radical (unpaired) electrons. The number of carboxylic acids is 1. The number of carbonyl (C=O) groups is 1. The first-order valence-electron chi connectivity index (χ1n) is 7.60. The van der Waals surface area contributed by atoms with Crippen LogP contribution in [0.1, 0.15) is 46.0 Å². The van der Waals surface area contributed by atoms with Crippen LogP contribution >= 0.6 is 0 Å². The maximum Gasteiger partial charge on any atom is 0.304 e. The van der Waals surface area contributed by atoms with Gasteiger partial charge in [0.2, 0.25) is 0 Å². The number of carboxylic acid groups (broad SMARTS) is 1. The molecule has 110 valence electrons. The summed E-state index contributed by atoms with van der Waals surface area (Å²) in [5.41, 5.74) is -0.370. The molecular weight excluding hydrogens is 252 g/mol. The summed E-state index contributed by atoms with van der Waals surface area (Å²) >= 11 is 0. The van der Waals surface area contributed by atoms with Crippen LogP contribution in [0.3, 0.4) is 0 Å². The van der Waals surface area contributed by atoms with E-state index in [0.29, 0.717) is 5.92 Å². The maximum atomic E-state index is 11.9. The van der Waals surface area contributed by atoms with Crippen LogP contribution in [0.4, 0.5) is 0 Å². The predicted octanol–water partition coefficient (Wildman–Crippen LogP) is 4.94. The maximum absolute atomic E-state index is 11.9. The molecule has 0 aromatic carbocycles. The van der Waals surface area contributed by atoms with Crippen LogP contribution < -0.4 is 0 Å². The SMILES string of the molecule is C/C=C/[C@@](C)(C1CCCCC1)C(C(=O)O)[Si](C)(C)C. The first kappa shape index (κ1) is 16.5. The number of hydrogen-bond acceptors (Lipinski definition) is 1. The molecule has 1 aliphatic rings. The van der Waals surface area contributed by atoms with Gasteiger partial charge in [-0.25, -0.2) is 0 Å². The number of rotatable bonds is 5. The van der Waals surface area contributed by atoms with E-state index >= 15 is 0 Å². The highest BCUT2D eigenvalue weighted by Gasteiger charge is 2.49. The zero-order chi connectivity index (χ0) is 14.7. The van der Waals surface area contributed by atoms with Gasteiger partial charge >= 0.3 is 5.97 Å². The lowest BCUT2D eigenvalue weighted by Crippen LogP contribution is -2.47. The molecule has 1 saturated carbocycles. The second-order valence-electron chi connectivity index (χ2n) is 7.34. The average Bonchev–Trinajstić information content (AvgIpc) is 2.27. The van der Waals surface area contributed by atoms with Crippen LogP contribution in [0.5, 0.6) is 0 Å². The molecule has 2 atom stereocenters. The quantitative estimate of drug-likeness (QED) is 0.572. The summed E-state index contributed by atoms with van der Waals surface area (Å²) in [7, 11) is -1.76. The van der Waals surface area contributed by atoms with Crippen molar-refractivity contribution in [3.05, 3.63) is 12.2 Å². The summed E-state index contributed by atoms with van der Waals surface area (Å²) in [5.74, 6) is -0.0596. The van der Waals surface area contributed by atoms with Crippen molar-refractivity contribution < 1.29 is 9.90 Å². The molecule has 0 amide bonds. The normalized spacial score (nSPS) is 23.2. The Labute approximate surface area is 119 Å². The molecule has 19 heavy (non-hydrogen) atoms. The average molecular weight is 282 g/mol. The minimum absolute atomic E-state index is 0.175. The van der Waals surface area contributed by atoms with Gasteiger partial charge in [-0.05, 0) is 31.1 Å². The highest BCUT2D eigenvalue weighted by molar-refractivity contribution is 6.80. The van der Waals surface area contributed by atoms with Crippen LogP contribution in [0, 0.1) is 11.3 Å². The Hall–Kier alpha value is -0.573. The van der Waals surface area contributed by atoms with Crippen molar-refractivity contribution in [3.8, 4) is 0 Å². The van der Waals surface area contributed by atoms with Crippen molar-refractivity contribution in [1.82, 2.24) is 0 Å². The number of allylic oxidation sites excluding steroid dienone is 2. The summed E-state index contributed by atoms with van der Waals surface area (Å²) in [6.07, 6.45) is 10.5. The molecule has 0 spiro atoms. The minimum atomic E-state index is -1.76. The summed E-state index contributed by atoms with van der Waals surface area (Å²) in [5, 5.41) is 9.80. The smallest absolute Gasteiger partial charge is 0.304 e. The van der Waals surface area contributed by atoms with Crippen LogP contribution in [-0.4, -0.2) is 19.1 Å². The van der Waals surface area contributed by atoms with Crippen molar-refractivity contribution in [3.63, 3.8) is 0 Å². The lowest BCUT2D eigenvalue weighted by Gasteiger charge is -2.46. The highest BCUT2D eigenvalue weighted by Crippen LogP contribution is 2.51. The van der Waals surface area contributed by atoms with Gasteiger partial charge < -0.3 is 5.11 Å². The summed E-state index contributed by atoms with van der Waals surface area (Å²) in [4.78, 5) is 11.9. The molecular formula is C16H30O2Si. The van der Waals surface area contributed by atoms with Crippen LogP contribution in [0.25, 0.3) is 0 Å². The Morgan fingerprint density at radius 1 is 1.26 bits per heavy atom. The molecule has 0 saturated heterocycles. The Bertz CT molecular complexity index is 337. The van der Waals surface area contributed by atoms with Crippen molar-refractivity contribution in [2.45, 2.75) is 71.1 Å². The van der Waals surface area contributed by atoms with Crippen molar-refractivity contribution in [2.24, 2.45) is 11.3 Å². The highest BCUT2D eigenvalue weighted by atomic mass is 28.3. The molecule has 0 aliphatic heterocycles. The fraction of sp³-hybridized carbons (Fsp3) is 0.812. The van der Waals surface area contributed by atoms with Crippen LogP contribution in [-0.2, 0) is 4.79 Å².